The third-order valence-corrected chi connectivity index (χ3v) is 9.28. The zero-order chi connectivity index (χ0) is 24.4. The van der Waals surface area contributed by atoms with Crippen molar-refractivity contribution in [3.05, 3.63) is 23.8 Å². The summed E-state index contributed by atoms with van der Waals surface area (Å²) in [5, 5.41) is 23.8. The number of nitrogens with one attached hydrogen (secondary N) is 1. The van der Waals surface area contributed by atoms with Crippen LogP contribution in [0.2, 0.25) is 0 Å². The first-order valence-electron chi connectivity index (χ1n) is 11.8. The smallest absolute Gasteiger partial charge is 0.408 e. The molecule has 0 aromatic rings. The van der Waals surface area contributed by atoms with Crippen LogP contribution in [0, 0.1) is 28.6 Å². The summed E-state index contributed by atoms with van der Waals surface area (Å²) in [5.74, 6) is -2.23. The number of amides is 1. The Morgan fingerprint density at radius 2 is 2.00 bits per heavy atom. The van der Waals surface area contributed by atoms with Gasteiger partial charge in [-0.3, -0.25) is 9.59 Å². The van der Waals surface area contributed by atoms with Crippen molar-refractivity contribution < 1.29 is 33.7 Å². The molecule has 182 valence electrons. The van der Waals surface area contributed by atoms with E-state index in [1.165, 1.54) is 6.08 Å². The Kier molecular flexibility index (Phi) is 5.64. The average molecular weight is 464 g/mol. The van der Waals surface area contributed by atoms with E-state index in [-0.39, 0.29) is 24.5 Å². The number of rotatable bonds is 4. The first-order chi connectivity index (χ1) is 15.4. The summed E-state index contributed by atoms with van der Waals surface area (Å²) in [6.07, 6.45) is 3.41. The van der Waals surface area contributed by atoms with Crippen molar-refractivity contribution in [2.75, 3.05) is 13.2 Å². The van der Waals surface area contributed by atoms with Gasteiger partial charge < -0.3 is 20.3 Å². The molecule has 0 aromatic heterocycles. The SMILES string of the molecule is CCNC(=O)O[C@]1(C(=O)CO)[C@@H](C)C[C@H]2[C@@H]3CC=C4CC(=O)C=C[C@]4(C)[C@@]3(F)[C@@H](O)C[C@@]21C. The van der Waals surface area contributed by atoms with Gasteiger partial charge in [0.1, 0.15) is 6.61 Å². The molecule has 0 bridgehead atoms. The van der Waals surface area contributed by atoms with Crippen LogP contribution >= 0.6 is 0 Å². The van der Waals surface area contributed by atoms with E-state index in [4.69, 9.17) is 4.74 Å². The molecule has 7 nitrogen and oxygen atoms in total. The van der Waals surface area contributed by atoms with Crippen LogP contribution in [0.3, 0.4) is 0 Å². The van der Waals surface area contributed by atoms with Crippen LogP contribution in [0.5, 0.6) is 0 Å². The van der Waals surface area contributed by atoms with Crippen molar-refractivity contribution in [1.29, 1.82) is 0 Å². The largest absolute Gasteiger partial charge is 0.434 e. The van der Waals surface area contributed by atoms with Gasteiger partial charge in [-0.2, -0.15) is 0 Å². The highest BCUT2D eigenvalue weighted by molar-refractivity contribution is 5.94. The summed E-state index contributed by atoms with van der Waals surface area (Å²) in [4.78, 5) is 37.8. The minimum atomic E-state index is -2.04. The normalized spacial score (nSPS) is 46.0. The summed E-state index contributed by atoms with van der Waals surface area (Å²) in [6.45, 7) is 6.50. The number of hydrogen-bond donors (Lipinski definition) is 3. The Labute approximate surface area is 193 Å². The van der Waals surface area contributed by atoms with E-state index < -0.39 is 58.5 Å². The third-order valence-electron chi connectivity index (χ3n) is 9.28. The molecule has 2 fully saturated rings. The number of fused-ring (bicyclic) bond motifs is 5. The number of allylic oxidation sites excluding steroid dienone is 4. The summed E-state index contributed by atoms with van der Waals surface area (Å²) in [5.41, 5.74) is -5.26. The molecule has 4 aliphatic rings. The second kappa shape index (κ2) is 7.73. The number of aliphatic hydroxyl groups excluding tert-OH is 2. The number of ketones is 2. The maximum absolute atomic E-state index is 17.2. The first-order valence-corrected chi connectivity index (χ1v) is 11.8. The zero-order valence-corrected chi connectivity index (χ0v) is 19.7. The Morgan fingerprint density at radius 1 is 1.30 bits per heavy atom. The van der Waals surface area contributed by atoms with E-state index in [2.05, 4.69) is 5.32 Å². The minimum Gasteiger partial charge on any atom is -0.434 e. The van der Waals surface area contributed by atoms with Gasteiger partial charge in [-0.05, 0) is 45.1 Å². The average Bonchev–Trinajstić information content (AvgIpc) is 2.97. The molecule has 2 saturated carbocycles. The molecule has 0 aromatic carbocycles. The first kappa shape index (κ1) is 24.1. The lowest BCUT2D eigenvalue weighted by atomic mass is 9.45. The van der Waals surface area contributed by atoms with Crippen molar-refractivity contribution in [2.45, 2.75) is 70.8 Å². The molecule has 0 aliphatic heterocycles. The van der Waals surface area contributed by atoms with Crippen LogP contribution in [0.4, 0.5) is 9.18 Å². The number of carbonyl (C=O) groups is 3. The molecule has 33 heavy (non-hydrogen) atoms. The molecule has 4 aliphatic carbocycles. The number of Topliss-reactive ketones (excluding diaryl/α,β-unsaturated/α-hetero) is 1. The van der Waals surface area contributed by atoms with E-state index in [1.807, 2.05) is 6.08 Å². The molecule has 0 unspecified atom stereocenters. The highest BCUT2D eigenvalue weighted by Gasteiger charge is 2.76. The van der Waals surface area contributed by atoms with E-state index in [1.54, 1.807) is 33.8 Å². The summed E-state index contributed by atoms with van der Waals surface area (Å²) in [7, 11) is 0. The van der Waals surface area contributed by atoms with E-state index in [0.717, 1.165) is 0 Å². The van der Waals surface area contributed by atoms with E-state index in [0.29, 0.717) is 25.0 Å². The van der Waals surface area contributed by atoms with Crippen LogP contribution in [0.1, 0.15) is 53.4 Å². The second-order valence-electron chi connectivity index (χ2n) is 10.6. The van der Waals surface area contributed by atoms with Crippen molar-refractivity contribution in [3.63, 3.8) is 0 Å². The fourth-order valence-electron chi connectivity index (χ4n) is 7.75. The van der Waals surface area contributed by atoms with Gasteiger partial charge in [-0.1, -0.05) is 31.6 Å². The molecule has 3 N–H and O–H groups in total. The number of alkyl carbamates (subject to hydrolysis) is 1. The van der Waals surface area contributed by atoms with Crippen molar-refractivity contribution >= 4 is 17.7 Å². The van der Waals surface area contributed by atoms with Crippen LogP contribution in [-0.4, -0.2) is 58.4 Å². The Hall–Kier alpha value is -2.06. The van der Waals surface area contributed by atoms with Gasteiger partial charge in [-0.25, -0.2) is 9.18 Å². The lowest BCUT2D eigenvalue weighted by Crippen LogP contribution is -2.70. The molecule has 8 heteroatoms. The lowest BCUT2D eigenvalue weighted by molar-refractivity contribution is -0.214. The second-order valence-corrected chi connectivity index (χ2v) is 10.6. The monoisotopic (exact) mass is 463 g/mol. The molecule has 0 spiro atoms. The predicted molar refractivity (Wildman–Crippen MR) is 118 cm³/mol. The maximum Gasteiger partial charge on any atom is 0.408 e. The van der Waals surface area contributed by atoms with Crippen molar-refractivity contribution in [3.8, 4) is 0 Å². The van der Waals surface area contributed by atoms with Crippen LogP contribution in [0.15, 0.2) is 23.8 Å². The Bertz CT molecular complexity index is 947. The molecule has 0 radical (unpaired) electrons. The molecular formula is C25H34FNO6. The lowest BCUT2D eigenvalue weighted by Gasteiger charge is -2.62. The fourth-order valence-corrected chi connectivity index (χ4v) is 7.75. The highest BCUT2D eigenvalue weighted by atomic mass is 19.1. The Balaban J connectivity index is 1.84. The highest BCUT2D eigenvalue weighted by Crippen LogP contribution is 2.70. The van der Waals surface area contributed by atoms with Crippen molar-refractivity contribution in [2.24, 2.45) is 28.6 Å². The number of ether oxygens (including phenoxy) is 1. The quantitative estimate of drug-likeness (QED) is 0.553. The summed E-state index contributed by atoms with van der Waals surface area (Å²) in [6, 6.07) is 0. The molecule has 0 heterocycles. The fraction of sp³-hybridized carbons (Fsp3) is 0.720. The minimum absolute atomic E-state index is 0.0895. The van der Waals surface area contributed by atoms with Gasteiger partial charge in [0.15, 0.2) is 17.1 Å². The van der Waals surface area contributed by atoms with Crippen LogP contribution < -0.4 is 5.32 Å². The predicted octanol–water partition coefficient (Wildman–Crippen LogP) is 2.65. The van der Waals surface area contributed by atoms with Crippen LogP contribution in [-0.2, 0) is 14.3 Å². The van der Waals surface area contributed by atoms with Crippen LogP contribution in [0.25, 0.3) is 0 Å². The number of carbonyl (C=O) groups excluding carboxylic acids is 3. The zero-order valence-electron chi connectivity index (χ0n) is 19.7. The van der Waals surface area contributed by atoms with Gasteiger partial charge >= 0.3 is 6.09 Å². The van der Waals surface area contributed by atoms with Crippen molar-refractivity contribution in [1.82, 2.24) is 5.32 Å². The van der Waals surface area contributed by atoms with Gasteiger partial charge in [-0.15, -0.1) is 0 Å². The molecule has 8 atom stereocenters. The topological polar surface area (TPSA) is 113 Å². The van der Waals surface area contributed by atoms with Gasteiger partial charge in [0.2, 0.25) is 5.78 Å². The third kappa shape index (κ3) is 2.89. The molecule has 4 rings (SSSR count). The molecular weight excluding hydrogens is 429 g/mol. The summed E-state index contributed by atoms with van der Waals surface area (Å²) < 4.78 is 23.0. The van der Waals surface area contributed by atoms with Gasteiger partial charge in [0.25, 0.3) is 0 Å². The number of halogens is 1. The molecule has 1 amide bonds. The standard InChI is InChI=1S/C25H34FNO6/c1-5-27-21(32)33-25(20(31)13-28)14(2)10-18-17-7-6-15-11-16(29)8-9-22(15,3)24(17,26)19(30)12-23(18,25)4/h6,8-9,14,17-19,28,30H,5,7,10-13H2,1-4H3,(H,27,32)/t14-,17-,18-,19-,22-,23-,24-,25-/m0/s1. The van der Waals surface area contributed by atoms with Gasteiger partial charge in [0, 0.05) is 35.6 Å². The van der Waals surface area contributed by atoms with E-state index >= 15 is 4.39 Å². The Morgan fingerprint density at radius 3 is 2.64 bits per heavy atom. The number of alkyl halides is 1. The number of aliphatic hydroxyl groups is 2. The molecule has 0 saturated heterocycles. The number of hydrogen-bond acceptors (Lipinski definition) is 6. The maximum atomic E-state index is 17.2. The van der Waals surface area contributed by atoms with Gasteiger partial charge in [0.05, 0.1) is 6.10 Å². The summed E-state index contributed by atoms with van der Waals surface area (Å²) >= 11 is 0. The van der Waals surface area contributed by atoms with E-state index in [9.17, 15) is 24.6 Å².